The molecule has 0 aromatic carbocycles. The van der Waals surface area contributed by atoms with Gasteiger partial charge in [0.2, 0.25) is 5.91 Å². The van der Waals surface area contributed by atoms with Crippen LogP contribution in [0.2, 0.25) is 0 Å². The molecule has 2 heterocycles. The summed E-state index contributed by atoms with van der Waals surface area (Å²) in [6.45, 7) is 0.297. The molecule has 160 valence electrons. The second kappa shape index (κ2) is 9.41. The first-order valence-electron chi connectivity index (χ1n) is 11.0. The minimum atomic E-state index is 0.0656. The Hall–Kier alpha value is -2.70. The van der Waals surface area contributed by atoms with Crippen molar-refractivity contribution in [3.63, 3.8) is 0 Å². The first-order valence-corrected chi connectivity index (χ1v) is 11.0. The maximum atomic E-state index is 12.7. The number of carbonyl (C=O) groups excluding carboxylic acids is 1. The number of hydrogen-bond acceptors (Lipinski definition) is 6. The summed E-state index contributed by atoms with van der Waals surface area (Å²) in [5, 5.41) is 3.24. The molecule has 1 fully saturated rings. The van der Waals surface area contributed by atoms with Gasteiger partial charge in [0.15, 0.2) is 5.82 Å². The Kier molecular flexibility index (Phi) is 6.45. The number of nitrogens with one attached hydrogen (secondary N) is 1. The van der Waals surface area contributed by atoms with Crippen LogP contribution in [0.3, 0.4) is 0 Å². The van der Waals surface area contributed by atoms with Crippen molar-refractivity contribution in [3.8, 4) is 17.3 Å². The highest BCUT2D eigenvalue weighted by Gasteiger charge is 2.24. The molecular formula is C23H31N5O2. The highest BCUT2D eigenvalue weighted by Crippen LogP contribution is 2.31. The summed E-state index contributed by atoms with van der Waals surface area (Å²) in [5.41, 5.74) is 2.91. The van der Waals surface area contributed by atoms with E-state index in [1.165, 1.54) is 25.7 Å². The van der Waals surface area contributed by atoms with Crippen LogP contribution in [0, 0.1) is 0 Å². The summed E-state index contributed by atoms with van der Waals surface area (Å²) in [6.07, 6.45) is 11.8. The molecule has 2 aromatic rings. The van der Waals surface area contributed by atoms with E-state index in [9.17, 15) is 4.79 Å². The van der Waals surface area contributed by atoms with E-state index in [-0.39, 0.29) is 5.91 Å². The zero-order valence-corrected chi connectivity index (χ0v) is 18.0. The van der Waals surface area contributed by atoms with Gasteiger partial charge in [-0.05, 0) is 38.2 Å². The average molecular weight is 410 g/mol. The van der Waals surface area contributed by atoms with Crippen molar-refractivity contribution in [2.75, 3.05) is 25.6 Å². The molecule has 1 saturated carbocycles. The minimum Gasteiger partial charge on any atom is -0.497 e. The van der Waals surface area contributed by atoms with Crippen LogP contribution >= 0.6 is 0 Å². The number of aryl methyl sites for hydroxylation is 1. The van der Waals surface area contributed by atoms with Crippen molar-refractivity contribution in [2.45, 2.75) is 63.8 Å². The van der Waals surface area contributed by atoms with E-state index < -0.39 is 0 Å². The third kappa shape index (κ3) is 4.71. The van der Waals surface area contributed by atoms with Crippen molar-refractivity contribution in [2.24, 2.45) is 0 Å². The lowest BCUT2D eigenvalue weighted by atomic mass is 10.1. The number of likely N-dealkylation sites (N-methyl/N-ethyl adjacent to an activating group) is 1. The Morgan fingerprint density at radius 2 is 1.97 bits per heavy atom. The minimum absolute atomic E-state index is 0.0656. The summed E-state index contributed by atoms with van der Waals surface area (Å²) >= 11 is 0. The van der Waals surface area contributed by atoms with E-state index in [0.29, 0.717) is 24.1 Å². The van der Waals surface area contributed by atoms with Gasteiger partial charge in [-0.2, -0.15) is 0 Å². The van der Waals surface area contributed by atoms with Crippen molar-refractivity contribution < 1.29 is 9.53 Å². The highest BCUT2D eigenvalue weighted by atomic mass is 16.5. The number of fused-ring (bicyclic) bond motifs is 1. The summed E-state index contributed by atoms with van der Waals surface area (Å²) < 4.78 is 5.32. The molecule has 0 spiro atoms. The molecule has 7 heteroatoms. The fourth-order valence-electron chi connectivity index (χ4n) is 4.49. The molecule has 0 saturated heterocycles. The summed E-state index contributed by atoms with van der Waals surface area (Å²) in [5.74, 6) is 2.21. The van der Waals surface area contributed by atoms with Crippen LogP contribution in [0.5, 0.6) is 5.75 Å². The predicted octanol–water partition coefficient (Wildman–Crippen LogP) is 3.31. The second-order valence-electron chi connectivity index (χ2n) is 8.34. The van der Waals surface area contributed by atoms with E-state index in [2.05, 4.69) is 10.3 Å². The molecule has 0 aliphatic heterocycles. The van der Waals surface area contributed by atoms with Gasteiger partial charge in [0.1, 0.15) is 17.3 Å². The van der Waals surface area contributed by atoms with Crippen LogP contribution in [0.25, 0.3) is 11.5 Å². The number of aromatic nitrogens is 3. The summed E-state index contributed by atoms with van der Waals surface area (Å²) in [4.78, 5) is 28.7. The first kappa shape index (κ1) is 20.6. The molecule has 0 atom stereocenters. The van der Waals surface area contributed by atoms with E-state index in [1.54, 1.807) is 13.3 Å². The van der Waals surface area contributed by atoms with Crippen molar-refractivity contribution >= 4 is 11.7 Å². The second-order valence-corrected chi connectivity index (χ2v) is 8.34. The lowest BCUT2D eigenvalue weighted by molar-refractivity contribution is -0.120. The predicted molar refractivity (Wildman–Crippen MR) is 117 cm³/mol. The lowest BCUT2D eigenvalue weighted by Gasteiger charge is -2.23. The summed E-state index contributed by atoms with van der Waals surface area (Å²) in [7, 11) is 3.57. The van der Waals surface area contributed by atoms with Crippen molar-refractivity contribution in [1.29, 1.82) is 0 Å². The normalized spacial score (nSPS) is 16.6. The molecular weight excluding hydrogens is 378 g/mol. The molecule has 1 N–H and O–H groups in total. The maximum Gasteiger partial charge on any atom is 0.239 e. The lowest BCUT2D eigenvalue weighted by Crippen LogP contribution is -2.41. The van der Waals surface area contributed by atoms with Gasteiger partial charge in [0.05, 0.1) is 13.7 Å². The van der Waals surface area contributed by atoms with Crippen LogP contribution < -0.4 is 15.0 Å². The molecule has 2 aliphatic rings. The average Bonchev–Trinajstić information content (AvgIpc) is 3.09. The number of methoxy groups -OCH3 is 1. The van der Waals surface area contributed by atoms with Crippen LogP contribution in [-0.2, 0) is 17.6 Å². The molecule has 1 amide bonds. The molecule has 4 rings (SSSR count). The number of hydrogen-bond donors (Lipinski definition) is 1. The van der Waals surface area contributed by atoms with Gasteiger partial charge in [0, 0.05) is 36.6 Å². The number of ether oxygens (including phenoxy) is 1. The monoisotopic (exact) mass is 409 g/mol. The highest BCUT2D eigenvalue weighted by molar-refractivity contribution is 5.81. The van der Waals surface area contributed by atoms with Crippen LogP contribution in [-0.4, -0.2) is 47.6 Å². The number of rotatable bonds is 6. The van der Waals surface area contributed by atoms with Crippen LogP contribution in [0.1, 0.15) is 56.2 Å². The zero-order valence-electron chi connectivity index (χ0n) is 18.0. The topological polar surface area (TPSA) is 80.2 Å². The standard InChI is InChI=1S/C23H31N5O2/c1-28(15-21(29)25-16-8-5-3-4-6-9-16)23-18-10-7-11-19(18)26-22(27-23)20-14-17(30-2)12-13-24-20/h12-14,16H,3-11,15H2,1-2H3,(H,25,29). The first-order chi connectivity index (χ1) is 14.6. The molecule has 0 bridgehead atoms. The van der Waals surface area contributed by atoms with E-state index in [1.807, 2.05) is 24.1 Å². The Morgan fingerprint density at radius 3 is 2.73 bits per heavy atom. The van der Waals surface area contributed by atoms with Crippen LogP contribution in [0.4, 0.5) is 5.82 Å². The van der Waals surface area contributed by atoms with E-state index in [4.69, 9.17) is 14.7 Å². The Labute approximate surface area is 178 Å². The zero-order chi connectivity index (χ0) is 20.9. The largest absolute Gasteiger partial charge is 0.497 e. The van der Waals surface area contributed by atoms with Gasteiger partial charge in [-0.25, -0.2) is 9.97 Å². The van der Waals surface area contributed by atoms with Crippen molar-refractivity contribution in [1.82, 2.24) is 20.3 Å². The van der Waals surface area contributed by atoms with Gasteiger partial charge in [-0.15, -0.1) is 0 Å². The third-order valence-corrected chi connectivity index (χ3v) is 6.07. The quantitative estimate of drug-likeness (QED) is 0.738. The number of pyridine rings is 1. The SMILES string of the molecule is COc1ccnc(-c2nc3c(c(N(C)CC(=O)NC4CCCCCC4)n2)CCC3)c1. The van der Waals surface area contributed by atoms with Gasteiger partial charge in [-0.3, -0.25) is 9.78 Å². The van der Waals surface area contributed by atoms with Crippen LogP contribution in [0.15, 0.2) is 18.3 Å². The number of nitrogens with zero attached hydrogens (tertiary/aromatic N) is 4. The Bertz CT molecular complexity index is 893. The number of carbonyl (C=O) groups is 1. The molecule has 0 radical (unpaired) electrons. The third-order valence-electron chi connectivity index (χ3n) is 6.07. The Morgan fingerprint density at radius 1 is 1.17 bits per heavy atom. The Balaban J connectivity index is 1.53. The smallest absolute Gasteiger partial charge is 0.239 e. The fraction of sp³-hybridized carbons (Fsp3) is 0.565. The summed E-state index contributed by atoms with van der Waals surface area (Å²) in [6, 6.07) is 3.96. The molecule has 30 heavy (non-hydrogen) atoms. The van der Waals surface area contributed by atoms with Gasteiger partial charge < -0.3 is 15.0 Å². The van der Waals surface area contributed by atoms with Gasteiger partial charge in [-0.1, -0.05) is 25.7 Å². The number of amides is 1. The molecule has 2 aromatic heterocycles. The number of anilines is 1. The van der Waals surface area contributed by atoms with Gasteiger partial charge >= 0.3 is 0 Å². The van der Waals surface area contributed by atoms with Gasteiger partial charge in [0.25, 0.3) is 0 Å². The van der Waals surface area contributed by atoms with Crippen molar-refractivity contribution in [3.05, 3.63) is 29.6 Å². The molecule has 2 aliphatic carbocycles. The fourth-order valence-corrected chi connectivity index (χ4v) is 4.49. The maximum absolute atomic E-state index is 12.7. The molecule has 7 nitrogen and oxygen atoms in total. The van der Waals surface area contributed by atoms with E-state index in [0.717, 1.165) is 54.9 Å². The van der Waals surface area contributed by atoms with E-state index >= 15 is 0 Å². The molecule has 0 unspecified atom stereocenters.